The summed E-state index contributed by atoms with van der Waals surface area (Å²) in [6, 6.07) is 5.74. The van der Waals surface area contributed by atoms with Crippen LogP contribution in [-0.2, 0) is 19.5 Å². The minimum atomic E-state index is -0.262. The van der Waals surface area contributed by atoms with Gasteiger partial charge in [0, 0.05) is 43.5 Å². The number of nitrogens with one attached hydrogen (secondary N) is 1. The molecule has 1 amide bonds. The lowest BCUT2D eigenvalue weighted by atomic mass is 9.92. The molecule has 33 heavy (non-hydrogen) atoms. The zero-order valence-electron chi connectivity index (χ0n) is 19.2. The predicted octanol–water partition coefficient (Wildman–Crippen LogP) is 3.15. The number of aromatic nitrogens is 7. The summed E-state index contributed by atoms with van der Waals surface area (Å²) in [6.45, 7) is 6.25. The number of rotatable bonds is 3. The van der Waals surface area contributed by atoms with Gasteiger partial charge in [-0.3, -0.25) is 13.9 Å². The van der Waals surface area contributed by atoms with Crippen molar-refractivity contribution < 1.29 is 4.79 Å². The maximum absolute atomic E-state index is 13.0. The molecule has 5 rings (SSSR count). The maximum Gasteiger partial charge on any atom is 0.275 e. The van der Waals surface area contributed by atoms with Crippen LogP contribution in [0.1, 0.15) is 37.0 Å². The summed E-state index contributed by atoms with van der Waals surface area (Å²) < 4.78 is 5.34. The van der Waals surface area contributed by atoms with Gasteiger partial charge in [0.2, 0.25) is 0 Å². The Morgan fingerprint density at radius 3 is 2.64 bits per heavy atom. The lowest BCUT2D eigenvalue weighted by Crippen LogP contribution is -2.16. The van der Waals surface area contributed by atoms with E-state index in [-0.39, 0.29) is 11.3 Å². The van der Waals surface area contributed by atoms with Crippen LogP contribution >= 0.6 is 0 Å². The first kappa shape index (κ1) is 20.7. The summed E-state index contributed by atoms with van der Waals surface area (Å²) in [6.07, 6.45) is 6.81. The first-order valence-corrected chi connectivity index (χ1v) is 10.5. The number of hydrogen-bond acceptors (Lipinski definition) is 6. The minimum absolute atomic E-state index is 0.115. The summed E-state index contributed by atoms with van der Waals surface area (Å²) in [7, 11) is 3.73. The van der Waals surface area contributed by atoms with Crippen molar-refractivity contribution in [3.63, 3.8) is 0 Å². The van der Waals surface area contributed by atoms with E-state index in [2.05, 4.69) is 46.1 Å². The summed E-state index contributed by atoms with van der Waals surface area (Å²) in [5.41, 5.74) is 10.6. The molecule has 0 saturated heterocycles. The average molecular weight is 444 g/mol. The van der Waals surface area contributed by atoms with Crippen LogP contribution in [0.2, 0.25) is 0 Å². The van der Waals surface area contributed by atoms with Gasteiger partial charge in [0.05, 0.1) is 17.3 Å². The molecule has 3 N–H and O–H groups in total. The van der Waals surface area contributed by atoms with Crippen molar-refractivity contribution in [3.05, 3.63) is 54.5 Å². The van der Waals surface area contributed by atoms with E-state index in [1.807, 2.05) is 49.3 Å². The van der Waals surface area contributed by atoms with Gasteiger partial charge < -0.3 is 15.6 Å². The summed E-state index contributed by atoms with van der Waals surface area (Å²) in [4.78, 5) is 25.9. The Bertz CT molecular complexity index is 1530. The van der Waals surface area contributed by atoms with Crippen molar-refractivity contribution in [2.45, 2.75) is 26.2 Å². The van der Waals surface area contributed by atoms with E-state index in [0.717, 1.165) is 27.9 Å². The molecule has 0 bridgehead atoms. The number of nitrogen functional groups attached to an aromatic ring is 1. The molecule has 5 aromatic rings. The molecule has 0 saturated carbocycles. The van der Waals surface area contributed by atoms with Crippen molar-refractivity contribution in [1.82, 2.24) is 33.7 Å². The number of carbonyl (C=O) groups excluding carboxylic acids is 1. The molecule has 5 heterocycles. The molecule has 0 aromatic carbocycles. The highest BCUT2D eigenvalue weighted by atomic mass is 16.2. The number of amides is 1. The van der Waals surface area contributed by atoms with Crippen molar-refractivity contribution in [2.75, 3.05) is 11.1 Å². The Labute approximate surface area is 190 Å². The molecule has 168 valence electrons. The van der Waals surface area contributed by atoms with Crippen LogP contribution in [-0.4, -0.2) is 39.6 Å². The number of carbonyl (C=O) groups is 1. The molecule has 0 radical (unpaired) electrons. The molecule has 0 spiro atoms. The van der Waals surface area contributed by atoms with Gasteiger partial charge in [-0.1, -0.05) is 20.8 Å². The second-order valence-corrected chi connectivity index (χ2v) is 9.14. The van der Waals surface area contributed by atoms with Crippen molar-refractivity contribution in [1.29, 1.82) is 0 Å². The maximum atomic E-state index is 13.0. The Kier molecular flexibility index (Phi) is 4.48. The molecular weight excluding hydrogens is 418 g/mol. The Morgan fingerprint density at radius 1 is 1.12 bits per heavy atom. The van der Waals surface area contributed by atoms with Crippen LogP contribution in [0, 0.1) is 0 Å². The van der Waals surface area contributed by atoms with E-state index in [1.165, 1.54) is 6.33 Å². The van der Waals surface area contributed by atoms with Gasteiger partial charge >= 0.3 is 0 Å². The van der Waals surface area contributed by atoms with Gasteiger partial charge in [0.1, 0.15) is 35.0 Å². The molecule has 0 fully saturated rings. The molecule has 0 aliphatic carbocycles. The standard InChI is InChI=1S/C23H25N9O/c1-23(2,3)16-9-18(31(5)29-16)28-22(33)15-10-25-17-8-13(6-7-32(15)17)14-11-30(4)21-19(14)20(24)26-12-27-21/h6-12H,1-5H3,(H,28,33)(H2,24,26,27). The van der Waals surface area contributed by atoms with E-state index in [0.29, 0.717) is 23.0 Å². The fourth-order valence-electron chi connectivity index (χ4n) is 3.90. The van der Waals surface area contributed by atoms with Gasteiger partial charge in [0.25, 0.3) is 5.91 Å². The SMILES string of the molecule is Cn1nc(C(C)(C)C)cc1NC(=O)c1cnc2cc(-c3cn(C)c4ncnc(N)c34)ccn12. The third kappa shape index (κ3) is 3.39. The van der Waals surface area contributed by atoms with Gasteiger partial charge in [-0.15, -0.1) is 0 Å². The first-order chi connectivity index (χ1) is 15.6. The molecule has 10 heteroatoms. The van der Waals surface area contributed by atoms with Crippen molar-refractivity contribution >= 4 is 34.2 Å². The van der Waals surface area contributed by atoms with Crippen molar-refractivity contribution in [2.24, 2.45) is 14.1 Å². The second-order valence-electron chi connectivity index (χ2n) is 9.14. The average Bonchev–Trinajstić information content (AvgIpc) is 3.44. The lowest BCUT2D eigenvalue weighted by molar-refractivity contribution is 0.102. The topological polar surface area (TPSA) is 121 Å². The molecule has 0 unspecified atom stereocenters. The highest BCUT2D eigenvalue weighted by molar-refractivity contribution is 6.04. The van der Waals surface area contributed by atoms with Gasteiger partial charge in [-0.25, -0.2) is 15.0 Å². The third-order valence-electron chi connectivity index (χ3n) is 5.73. The van der Waals surface area contributed by atoms with Crippen LogP contribution in [0.3, 0.4) is 0 Å². The number of hydrogen-bond donors (Lipinski definition) is 2. The molecular formula is C23H25N9O. The van der Waals surface area contributed by atoms with E-state index >= 15 is 0 Å². The number of nitrogens with two attached hydrogens (primary N) is 1. The van der Waals surface area contributed by atoms with E-state index in [4.69, 9.17) is 5.73 Å². The van der Waals surface area contributed by atoms with Gasteiger partial charge in [-0.05, 0) is 17.7 Å². The van der Waals surface area contributed by atoms with Crippen LogP contribution < -0.4 is 11.1 Å². The van der Waals surface area contributed by atoms with E-state index < -0.39 is 0 Å². The zero-order valence-corrected chi connectivity index (χ0v) is 19.2. The largest absolute Gasteiger partial charge is 0.383 e. The van der Waals surface area contributed by atoms with Crippen LogP contribution in [0.4, 0.5) is 11.6 Å². The quantitative estimate of drug-likeness (QED) is 0.442. The number of imidazole rings is 1. The fourth-order valence-corrected chi connectivity index (χ4v) is 3.90. The monoisotopic (exact) mass is 443 g/mol. The summed E-state index contributed by atoms with van der Waals surface area (Å²) in [5.74, 6) is 0.786. The third-order valence-corrected chi connectivity index (χ3v) is 5.73. The summed E-state index contributed by atoms with van der Waals surface area (Å²) >= 11 is 0. The second kappa shape index (κ2) is 7.16. The van der Waals surface area contributed by atoms with Gasteiger partial charge in [-0.2, -0.15) is 5.10 Å². The van der Waals surface area contributed by atoms with Crippen LogP contribution in [0.25, 0.3) is 27.8 Å². The minimum Gasteiger partial charge on any atom is -0.383 e. The molecule has 5 aromatic heterocycles. The first-order valence-electron chi connectivity index (χ1n) is 10.5. The predicted molar refractivity (Wildman–Crippen MR) is 127 cm³/mol. The normalized spacial score (nSPS) is 12.0. The molecule has 10 nitrogen and oxygen atoms in total. The highest BCUT2D eigenvalue weighted by Gasteiger charge is 2.21. The van der Waals surface area contributed by atoms with Crippen LogP contribution in [0.15, 0.2) is 43.1 Å². The van der Waals surface area contributed by atoms with Gasteiger partial charge in [0.15, 0.2) is 0 Å². The van der Waals surface area contributed by atoms with E-state index in [9.17, 15) is 4.79 Å². The highest BCUT2D eigenvalue weighted by Crippen LogP contribution is 2.32. The smallest absolute Gasteiger partial charge is 0.275 e. The Balaban J connectivity index is 1.50. The lowest BCUT2D eigenvalue weighted by Gasteiger charge is -2.13. The van der Waals surface area contributed by atoms with Crippen LogP contribution in [0.5, 0.6) is 0 Å². The number of anilines is 2. The summed E-state index contributed by atoms with van der Waals surface area (Å²) in [5, 5.41) is 8.25. The van der Waals surface area contributed by atoms with Crippen molar-refractivity contribution in [3.8, 4) is 11.1 Å². The Morgan fingerprint density at radius 2 is 1.91 bits per heavy atom. The fraction of sp³-hybridized carbons (Fsp3) is 0.261. The molecule has 0 atom stereocenters. The Hall–Kier alpha value is -4.21. The zero-order chi connectivity index (χ0) is 23.5. The number of aryl methyl sites for hydroxylation is 2. The van der Waals surface area contributed by atoms with E-state index in [1.54, 1.807) is 15.3 Å². The number of nitrogens with zero attached hydrogens (tertiary/aromatic N) is 7. The number of fused-ring (bicyclic) bond motifs is 2. The molecule has 0 aliphatic heterocycles. The number of pyridine rings is 1. The molecule has 0 aliphatic rings.